The summed E-state index contributed by atoms with van der Waals surface area (Å²) >= 11 is 0. The van der Waals surface area contributed by atoms with Gasteiger partial charge >= 0.3 is 0 Å². The van der Waals surface area contributed by atoms with E-state index in [9.17, 15) is 0 Å². The second kappa shape index (κ2) is 6.31. The molecule has 6 heteroatoms. The molecule has 1 heterocycles. The van der Waals surface area contributed by atoms with Crippen LogP contribution in [0.25, 0.3) is 0 Å². The molecule has 1 aliphatic carbocycles. The summed E-state index contributed by atoms with van der Waals surface area (Å²) in [5.41, 5.74) is 5.77. The van der Waals surface area contributed by atoms with Crippen LogP contribution in [0.5, 0.6) is 11.5 Å². The lowest BCUT2D eigenvalue weighted by Gasteiger charge is -2.25. The van der Waals surface area contributed by atoms with Crippen molar-refractivity contribution in [2.75, 3.05) is 13.2 Å². The average Bonchev–Trinajstić information content (AvgIpc) is 3.20. The molecule has 1 aromatic rings. The number of nitrogens with zero attached hydrogens (tertiary/aromatic N) is 1. The summed E-state index contributed by atoms with van der Waals surface area (Å²) in [5, 5.41) is 3.14. The van der Waals surface area contributed by atoms with Gasteiger partial charge in [0.15, 0.2) is 23.6 Å². The first-order valence-corrected chi connectivity index (χ1v) is 6.26. The number of rotatable bonds is 3. The zero-order chi connectivity index (χ0) is 12.4. The average molecular weight is 375 g/mol. The summed E-state index contributed by atoms with van der Waals surface area (Å²) in [6, 6.07) is 8.18. The molecule has 0 aromatic heterocycles. The highest BCUT2D eigenvalue weighted by atomic mass is 127. The summed E-state index contributed by atoms with van der Waals surface area (Å²) in [6.07, 6.45) is 2.30. The van der Waals surface area contributed by atoms with Crippen molar-refractivity contribution in [3.05, 3.63) is 24.3 Å². The number of hydrogen-bond acceptors (Lipinski definition) is 3. The maximum absolute atomic E-state index is 5.79. The Kier molecular flexibility index (Phi) is 4.73. The number of ether oxygens (including phenoxy) is 2. The van der Waals surface area contributed by atoms with Crippen LogP contribution in [0.1, 0.15) is 12.8 Å². The first-order valence-electron chi connectivity index (χ1n) is 6.26. The van der Waals surface area contributed by atoms with E-state index >= 15 is 0 Å². The monoisotopic (exact) mass is 375 g/mol. The molecule has 3 rings (SSSR count). The first kappa shape index (κ1) is 14.2. The number of halogens is 1. The van der Waals surface area contributed by atoms with Crippen LogP contribution < -0.4 is 20.5 Å². The van der Waals surface area contributed by atoms with Gasteiger partial charge in [0.1, 0.15) is 6.61 Å². The maximum atomic E-state index is 5.79. The smallest absolute Gasteiger partial charge is 0.188 e. The minimum Gasteiger partial charge on any atom is -0.486 e. The van der Waals surface area contributed by atoms with Crippen molar-refractivity contribution in [3.8, 4) is 11.5 Å². The Morgan fingerprint density at radius 2 is 2.05 bits per heavy atom. The first-order chi connectivity index (χ1) is 8.81. The van der Waals surface area contributed by atoms with Gasteiger partial charge < -0.3 is 20.5 Å². The van der Waals surface area contributed by atoms with Gasteiger partial charge in [-0.05, 0) is 25.0 Å². The number of hydrogen-bond donors (Lipinski definition) is 2. The Bertz CT molecular complexity index is 463. The van der Waals surface area contributed by atoms with Gasteiger partial charge in [-0.3, -0.25) is 0 Å². The number of aliphatic imine (C=N–C) groups is 1. The molecule has 19 heavy (non-hydrogen) atoms. The molecule has 1 saturated carbocycles. The SMILES string of the molecule is I.NC(=NCC1COc2ccccc2O1)NC1CC1. The molecule has 0 spiro atoms. The molecular weight excluding hydrogens is 357 g/mol. The minimum atomic E-state index is -0.0700. The zero-order valence-electron chi connectivity index (χ0n) is 10.5. The summed E-state index contributed by atoms with van der Waals surface area (Å²) in [4.78, 5) is 4.28. The highest BCUT2D eigenvalue weighted by molar-refractivity contribution is 14.0. The van der Waals surface area contributed by atoms with Crippen molar-refractivity contribution >= 4 is 29.9 Å². The third kappa shape index (κ3) is 3.89. The van der Waals surface area contributed by atoms with Crippen molar-refractivity contribution in [2.45, 2.75) is 25.0 Å². The molecule has 1 atom stereocenters. The fourth-order valence-electron chi connectivity index (χ4n) is 1.84. The lowest BCUT2D eigenvalue weighted by molar-refractivity contribution is 0.0971. The molecule has 1 aromatic carbocycles. The normalized spacial score (nSPS) is 21.5. The van der Waals surface area contributed by atoms with Crippen LogP contribution in [0.2, 0.25) is 0 Å². The van der Waals surface area contributed by atoms with Crippen LogP contribution in [0.15, 0.2) is 29.3 Å². The van der Waals surface area contributed by atoms with Crippen LogP contribution in [-0.4, -0.2) is 31.3 Å². The van der Waals surface area contributed by atoms with E-state index in [2.05, 4.69) is 10.3 Å². The van der Waals surface area contributed by atoms with Gasteiger partial charge in [-0.1, -0.05) is 12.1 Å². The Morgan fingerprint density at radius 1 is 1.32 bits per heavy atom. The third-order valence-electron chi connectivity index (χ3n) is 2.96. The van der Waals surface area contributed by atoms with E-state index < -0.39 is 0 Å². The van der Waals surface area contributed by atoms with Crippen LogP contribution in [-0.2, 0) is 0 Å². The fourth-order valence-corrected chi connectivity index (χ4v) is 1.84. The van der Waals surface area contributed by atoms with E-state index in [1.54, 1.807) is 0 Å². The molecule has 3 N–H and O–H groups in total. The summed E-state index contributed by atoms with van der Waals surface area (Å²) < 4.78 is 11.4. The highest BCUT2D eigenvalue weighted by Gasteiger charge is 2.22. The molecule has 0 amide bonds. The number of fused-ring (bicyclic) bond motifs is 1. The van der Waals surface area contributed by atoms with Gasteiger partial charge in [0.05, 0.1) is 6.54 Å². The lowest BCUT2D eigenvalue weighted by Crippen LogP contribution is -2.36. The van der Waals surface area contributed by atoms with E-state index in [-0.39, 0.29) is 30.1 Å². The van der Waals surface area contributed by atoms with Crippen molar-refractivity contribution in [1.29, 1.82) is 0 Å². The van der Waals surface area contributed by atoms with Crippen LogP contribution in [0, 0.1) is 0 Å². The molecular formula is C13H18IN3O2. The largest absolute Gasteiger partial charge is 0.486 e. The lowest BCUT2D eigenvalue weighted by atomic mass is 10.2. The number of nitrogens with two attached hydrogens (primary N) is 1. The van der Waals surface area contributed by atoms with E-state index in [1.807, 2.05) is 24.3 Å². The topological polar surface area (TPSA) is 68.9 Å². The molecule has 0 bridgehead atoms. The van der Waals surface area contributed by atoms with Gasteiger partial charge in [0.2, 0.25) is 0 Å². The van der Waals surface area contributed by atoms with Gasteiger partial charge in [-0.15, -0.1) is 24.0 Å². The van der Waals surface area contributed by atoms with E-state index in [1.165, 1.54) is 12.8 Å². The molecule has 104 valence electrons. The molecule has 0 saturated heterocycles. The van der Waals surface area contributed by atoms with Crippen molar-refractivity contribution in [2.24, 2.45) is 10.7 Å². The Labute approximate surface area is 129 Å². The summed E-state index contributed by atoms with van der Waals surface area (Å²) in [7, 11) is 0. The van der Waals surface area contributed by atoms with Crippen molar-refractivity contribution in [3.63, 3.8) is 0 Å². The van der Waals surface area contributed by atoms with E-state index in [4.69, 9.17) is 15.2 Å². The number of nitrogens with one attached hydrogen (secondary N) is 1. The Balaban J connectivity index is 0.00000133. The predicted octanol–water partition coefficient (Wildman–Crippen LogP) is 1.51. The van der Waals surface area contributed by atoms with Crippen molar-refractivity contribution in [1.82, 2.24) is 5.32 Å². The Morgan fingerprint density at radius 3 is 2.79 bits per heavy atom. The number of para-hydroxylation sites is 2. The molecule has 0 radical (unpaired) electrons. The molecule has 2 aliphatic rings. The van der Waals surface area contributed by atoms with Crippen LogP contribution >= 0.6 is 24.0 Å². The third-order valence-corrected chi connectivity index (χ3v) is 2.96. The molecule has 1 fully saturated rings. The summed E-state index contributed by atoms with van der Waals surface area (Å²) in [5.74, 6) is 2.07. The van der Waals surface area contributed by atoms with Gasteiger partial charge in [0, 0.05) is 6.04 Å². The molecule has 1 aliphatic heterocycles. The zero-order valence-corrected chi connectivity index (χ0v) is 12.9. The van der Waals surface area contributed by atoms with Crippen LogP contribution in [0.3, 0.4) is 0 Å². The predicted molar refractivity (Wildman–Crippen MR) is 84.4 cm³/mol. The van der Waals surface area contributed by atoms with Crippen LogP contribution in [0.4, 0.5) is 0 Å². The van der Waals surface area contributed by atoms with Gasteiger partial charge in [0.25, 0.3) is 0 Å². The molecule has 1 unspecified atom stereocenters. The number of benzene rings is 1. The number of guanidine groups is 1. The van der Waals surface area contributed by atoms with E-state index in [0.717, 1.165) is 11.5 Å². The fraction of sp³-hybridized carbons (Fsp3) is 0.462. The highest BCUT2D eigenvalue weighted by Crippen LogP contribution is 2.30. The molecule has 5 nitrogen and oxygen atoms in total. The second-order valence-corrected chi connectivity index (χ2v) is 4.64. The summed E-state index contributed by atoms with van der Waals surface area (Å²) in [6.45, 7) is 1.02. The standard InChI is InChI=1S/C13H17N3O2.HI/c14-13(16-9-5-6-9)15-7-10-8-17-11-3-1-2-4-12(11)18-10;/h1-4,9-10H,5-8H2,(H3,14,15,16);1H. The quantitative estimate of drug-likeness (QED) is 0.478. The second-order valence-electron chi connectivity index (χ2n) is 4.64. The maximum Gasteiger partial charge on any atom is 0.188 e. The van der Waals surface area contributed by atoms with Crippen molar-refractivity contribution < 1.29 is 9.47 Å². The minimum absolute atomic E-state index is 0. The van der Waals surface area contributed by atoms with Gasteiger partial charge in [-0.25, -0.2) is 4.99 Å². The van der Waals surface area contributed by atoms with E-state index in [0.29, 0.717) is 25.2 Å². The van der Waals surface area contributed by atoms with Gasteiger partial charge in [-0.2, -0.15) is 0 Å². The Hall–Kier alpha value is -1.18.